The van der Waals surface area contributed by atoms with E-state index in [1.165, 1.54) is 12.1 Å². The van der Waals surface area contributed by atoms with Crippen molar-refractivity contribution in [3.63, 3.8) is 0 Å². The molecule has 0 unspecified atom stereocenters. The molecule has 0 aliphatic carbocycles. The minimum atomic E-state index is -0.577. The van der Waals surface area contributed by atoms with E-state index in [0.29, 0.717) is 32.3 Å². The lowest BCUT2D eigenvalue weighted by Gasteiger charge is -2.18. The molecule has 3 heterocycles. The van der Waals surface area contributed by atoms with Crippen LogP contribution < -0.4 is 14.7 Å². The van der Waals surface area contributed by atoms with Crippen molar-refractivity contribution in [2.45, 2.75) is 19.6 Å². The van der Waals surface area contributed by atoms with Crippen molar-refractivity contribution < 1.29 is 8.78 Å². The third kappa shape index (κ3) is 11.4. The van der Waals surface area contributed by atoms with E-state index in [0.717, 1.165) is 47.6 Å². The van der Waals surface area contributed by atoms with Gasteiger partial charge in [0.25, 0.3) is 0 Å². The smallest absolute Gasteiger partial charge is 0.128 e. The van der Waals surface area contributed by atoms with E-state index in [9.17, 15) is 8.78 Å². The van der Waals surface area contributed by atoms with E-state index in [-0.39, 0.29) is 0 Å². The molecule has 0 atom stereocenters. The highest BCUT2D eigenvalue weighted by molar-refractivity contribution is 6.42. The molecule has 3 aromatic carbocycles. The maximum atomic E-state index is 13.0. The zero-order valence-electron chi connectivity index (χ0n) is 26.2. The van der Waals surface area contributed by atoms with Gasteiger partial charge in [0.2, 0.25) is 0 Å². The number of aromatic nitrogens is 6. The van der Waals surface area contributed by atoms with Crippen LogP contribution in [-0.2, 0) is 19.6 Å². The molecule has 0 bridgehead atoms. The van der Waals surface area contributed by atoms with E-state index >= 15 is 0 Å². The van der Waals surface area contributed by atoms with Crippen LogP contribution in [0.3, 0.4) is 0 Å². The minimum absolute atomic E-state index is 0.493. The number of H-pyrrole nitrogens is 3. The van der Waals surface area contributed by atoms with Crippen LogP contribution in [0.15, 0.2) is 92.2 Å². The van der Waals surface area contributed by atoms with Gasteiger partial charge in [-0.15, -0.1) is 0 Å². The van der Waals surface area contributed by atoms with Gasteiger partial charge in [0.15, 0.2) is 0 Å². The van der Waals surface area contributed by atoms with Crippen molar-refractivity contribution in [2.75, 3.05) is 35.8 Å². The number of benzene rings is 3. The first-order valence-corrected chi connectivity index (χ1v) is 15.9. The lowest BCUT2D eigenvalue weighted by Crippen LogP contribution is -2.16. The Balaban J connectivity index is 0.000000163. The summed E-state index contributed by atoms with van der Waals surface area (Å²) in [7, 11) is 5.72. The summed E-state index contributed by atoms with van der Waals surface area (Å²) in [4.78, 5) is 26.7. The zero-order valence-corrected chi connectivity index (χ0v) is 29.3. The topological polar surface area (TPSA) is 95.8 Å². The first-order valence-electron chi connectivity index (χ1n) is 14.4. The number of anilines is 3. The van der Waals surface area contributed by atoms with Crippen LogP contribution in [0.4, 0.5) is 25.8 Å². The monoisotopic (exact) mass is 733 g/mol. The molecule has 0 amide bonds. The van der Waals surface area contributed by atoms with Crippen molar-refractivity contribution in [2.24, 2.45) is 0 Å². The summed E-state index contributed by atoms with van der Waals surface area (Å²) in [6.07, 6.45) is 10.2. The van der Waals surface area contributed by atoms with Gasteiger partial charge < -0.3 is 29.7 Å². The van der Waals surface area contributed by atoms with Crippen LogP contribution in [0, 0.1) is 11.6 Å². The van der Waals surface area contributed by atoms with Gasteiger partial charge in [-0.05, 0) is 48.5 Å². The first-order chi connectivity index (χ1) is 23.0. The van der Waals surface area contributed by atoms with Crippen molar-refractivity contribution in [1.29, 1.82) is 0 Å². The largest absolute Gasteiger partial charge is 0.369 e. The van der Waals surface area contributed by atoms with Gasteiger partial charge >= 0.3 is 0 Å². The second-order valence-electron chi connectivity index (χ2n) is 10.7. The predicted octanol–water partition coefficient (Wildman–Crippen LogP) is 9.03. The lowest BCUT2D eigenvalue weighted by atomic mass is 10.2. The Labute approximate surface area is 297 Å². The molecule has 48 heavy (non-hydrogen) atoms. The fourth-order valence-corrected chi connectivity index (χ4v) is 5.20. The second-order valence-corrected chi connectivity index (χ2v) is 12.3. The van der Waals surface area contributed by atoms with E-state index in [1.807, 2.05) is 43.3 Å². The van der Waals surface area contributed by atoms with Crippen LogP contribution in [0.2, 0.25) is 20.1 Å². The quantitative estimate of drug-likeness (QED) is 0.137. The van der Waals surface area contributed by atoms with Gasteiger partial charge in [-0.25, -0.2) is 23.7 Å². The Morgan fingerprint density at radius 1 is 0.521 bits per heavy atom. The molecule has 3 N–H and O–H groups in total. The number of hydrogen-bond acceptors (Lipinski definition) is 6. The number of halogens is 6. The van der Waals surface area contributed by atoms with Crippen LogP contribution in [0.1, 0.15) is 17.1 Å². The summed E-state index contributed by atoms with van der Waals surface area (Å²) in [5, 5.41) is 2.41. The lowest BCUT2D eigenvalue weighted by molar-refractivity contribution is 0.582. The second kappa shape index (κ2) is 17.7. The maximum absolute atomic E-state index is 13.0. The van der Waals surface area contributed by atoms with Gasteiger partial charge in [0.05, 0.1) is 65.7 Å². The molecule has 252 valence electrons. The Bertz CT molecular complexity index is 1710. The molecule has 6 aromatic rings. The number of nitrogens with zero attached hydrogens (tertiary/aromatic N) is 6. The van der Waals surface area contributed by atoms with Crippen molar-refractivity contribution in [1.82, 2.24) is 29.9 Å². The van der Waals surface area contributed by atoms with Crippen molar-refractivity contribution >= 4 is 63.5 Å². The first kappa shape index (κ1) is 36.5. The summed E-state index contributed by atoms with van der Waals surface area (Å²) in [6, 6.07) is 14.5. The van der Waals surface area contributed by atoms with Crippen LogP contribution >= 0.6 is 46.4 Å². The van der Waals surface area contributed by atoms with E-state index in [2.05, 4.69) is 34.8 Å². The van der Waals surface area contributed by atoms with Gasteiger partial charge in [-0.3, -0.25) is 0 Å². The molecule has 9 nitrogen and oxygen atoms in total. The van der Waals surface area contributed by atoms with Gasteiger partial charge in [-0.1, -0.05) is 46.4 Å². The summed E-state index contributed by atoms with van der Waals surface area (Å²) >= 11 is 23.7. The third-order valence-corrected chi connectivity index (χ3v) is 7.98. The fraction of sp³-hybridized carbons (Fsp3) is 0.182. The molecule has 0 fully saturated rings. The Morgan fingerprint density at radius 2 is 0.938 bits per heavy atom. The molecule has 0 radical (unpaired) electrons. The maximum Gasteiger partial charge on any atom is 0.128 e. The van der Waals surface area contributed by atoms with E-state index < -0.39 is 11.6 Å². The summed E-state index contributed by atoms with van der Waals surface area (Å²) < 4.78 is 26.0. The van der Waals surface area contributed by atoms with Gasteiger partial charge in [0.1, 0.15) is 11.6 Å². The highest BCUT2D eigenvalue weighted by atomic mass is 35.5. The molecular formula is C33H33Cl4F2N9. The number of hydrogen-bond donors (Lipinski definition) is 3. The molecule has 0 aliphatic rings. The number of nitrogens with one attached hydrogen (secondary N) is 3. The van der Waals surface area contributed by atoms with Crippen LogP contribution in [0.5, 0.6) is 0 Å². The molecule has 0 aliphatic heterocycles. The van der Waals surface area contributed by atoms with Crippen molar-refractivity contribution in [3.8, 4) is 0 Å². The summed E-state index contributed by atoms with van der Waals surface area (Å²) in [6.45, 7) is 2.00. The highest BCUT2D eigenvalue weighted by Crippen LogP contribution is 2.27. The standard InChI is InChI=1S/2C11H11Cl2N3.C11H11F2N3/c1-16(6-10-5-14-7-15-10)11-3-8(12)2-9(13)4-11;1-16(6-8-5-14-7-15-8)9-2-3-10(12)11(13)4-9;1-16(6-10-5-14-7-15-10)11-3-8(12)2-9(13)4-11/h3*2-5,7H,6H2,1H3,(H,14,15). The Hall–Kier alpha value is -4.29. The molecule has 6 rings (SSSR count). The average Bonchev–Trinajstić information content (AvgIpc) is 3.84. The normalized spacial score (nSPS) is 10.4. The summed E-state index contributed by atoms with van der Waals surface area (Å²) in [5.74, 6) is -1.15. The summed E-state index contributed by atoms with van der Waals surface area (Å²) in [5.41, 5.74) is 5.46. The van der Waals surface area contributed by atoms with E-state index in [1.54, 1.807) is 61.7 Å². The molecule has 0 saturated carbocycles. The number of aromatic amines is 3. The third-order valence-electron chi connectivity index (χ3n) is 6.81. The fourth-order valence-electron chi connectivity index (χ4n) is 4.40. The molecule has 0 spiro atoms. The Morgan fingerprint density at radius 3 is 1.33 bits per heavy atom. The molecule has 3 aromatic heterocycles. The number of rotatable bonds is 9. The number of imidazole rings is 3. The Kier molecular flexibility index (Phi) is 13.5. The molecular weight excluding hydrogens is 702 g/mol. The minimum Gasteiger partial charge on any atom is -0.369 e. The van der Waals surface area contributed by atoms with Crippen molar-refractivity contribution in [3.05, 3.63) is 141 Å². The van der Waals surface area contributed by atoms with Gasteiger partial charge in [-0.2, -0.15) is 0 Å². The molecule has 15 heteroatoms. The SMILES string of the molecule is CN(Cc1cnc[nH]1)c1cc(Cl)cc(Cl)c1.CN(Cc1cnc[nH]1)c1cc(F)cc(F)c1.CN(Cc1cnc[nH]1)c1ccc(Cl)c(Cl)c1. The van der Waals surface area contributed by atoms with Gasteiger partial charge in [0, 0.05) is 72.9 Å². The van der Waals surface area contributed by atoms with Crippen LogP contribution in [0.25, 0.3) is 0 Å². The zero-order chi connectivity index (χ0) is 34.6. The molecule has 0 saturated heterocycles. The van der Waals surface area contributed by atoms with E-state index in [4.69, 9.17) is 46.4 Å². The van der Waals surface area contributed by atoms with Crippen LogP contribution in [-0.4, -0.2) is 51.0 Å². The predicted molar refractivity (Wildman–Crippen MR) is 191 cm³/mol. The average molecular weight is 735 g/mol. The highest BCUT2D eigenvalue weighted by Gasteiger charge is 2.08.